The number of aliphatic hydroxyl groups is 1. The lowest BCUT2D eigenvalue weighted by molar-refractivity contribution is 0.0996. The van der Waals surface area contributed by atoms with E-state index in [-0.39, 0.29) is 12.0 Å². The number of piperidine rings is 1. The van der Waals surface area contributed by atoms with E-state index in [0.717, 1.165) is 42.9 Å². The van der Waals surface area contributed by atoms with Crippen molar-refractivity contribution in [1.82, 2.24) is 9.97 Å². The first kappa shape index (κ1) is 15.1. The topological polar surface area (TPSA) is 69.6 Å². The lowest BCUT2D eigenvalue weighted by Gasteiger charge is -2.29. The molecule has 1 saturated heterocycles. The highest BCUT2D eigenvalue weighted by Crippen LogP contribution is 2.28. The number of hydrogen-bond acceptors (Lipinski definition) is 5. The third kappa shape index (κ3) is 2.63. The quantitative estimate of drug-likeness (QED) is 0.914. The maximum absolute atomic E-state index is 12.6. The van der Waals surface area contributed by atoms with E-state index in [1.165, 1.54) is 0 Å². The van der Waals surface area contributed by atoms with Crippen molar-refractivity contribution in [2.45, 2.75) is 32.4 Å². The summed E-state index contributed by atoms with van der Waals surface area (Å²) < 4.78 is 0. The number of aromatic nitrogens is 2. The van der Waals surface area contributed by atoms with Gasteiger partial charge in [0, 0.05) is 25.0 Å². The fourth-order valence-electron chi connectivity index (χ4n) is 3.30. The van der Waals surface area contributed by atoms with Crippen molar-refractivity contribution in [2.75, 3.05) is 22.9 Å². The monoisotopic (exact) mass is 324 g/mol. The number of rotatable bonds is 2. The van der Waals surface area contributed by atoms with Gasteiger partial charge in [-0.25, -0.2) is 9.97 Å². The van der Waals surface area contributed by atoms with Gasteiger partial charge in [0.15, 0.2) is 0 Å². The molecule has 6 nitrogen and oxygen atoms in total. The number of hydrogen-bond donors (Lipinski definition) is 1. The number of benzene rings is 1. The molecule has 24 heavy (non-hydrogen) atoms. The number of aryl methyl sites for hydroxylation is 1. The summed E-state index contributed by atoms with van der Waals surface area (Å²) in [4.78, 5) is 25.5. The molecule has 2 aliphatic heterocycles. The first-order chi connectivity index (χ1) is 11.6. The summed E-state index contributed by atoms with van der Waals surface area (Å²) in [7, 11) is 0. The number of carbonyl (C=O) groups is 1. The van der Waals surface area contributed by atoms with Gasteiger partial charge in [0.2, 0.25) is 5.95 Å². The standard InChI is InChI=1S/C18H20N4O2/c1-12-3-2-4-13(9-12)22-11-16-15(17(22)24)10-19-18(20-16)21-7-5-14(23)6-8-21/h2-4,9-10,14,23H,5-8,11H2,1H3. The molecule has 1 fully saturated rings. The molecule has 1 aromatic carbocycles. The van der Waals surface area contributed by atoms with Gasteiger partial charge in [-0.15, -0.1) is 0 Å². The zero-order chi connectivity index (χ0) is 16.7. The number of aliphatic hydroxyl groups excluding tert-OH is 1. The van der Waals surface area contributed by atoms with E-state index >= 15 is 0 Å². The fraction of sp³-hybridized carbons (Fsp3) is 0.389. The van der Waals surface area contributed by atoms with Gasteiger partial charge in [-0.3, -0.25) is 4.79 Å². The second kappa shape index (κ2) is 5.87. The summed E-state index contributed by atoms with van der Waals surface area (Å²) in [5.41, 5.74) is 3.37. The maximum atomic E-state index is 12.6. The van der Waals surface area contributed by atoms with E-state index < -0.39 is 0 Å². The van der Waals surface area contributed by atoms with Crippen molar-refractivity contribution < 1.29 is 9.90 Å². The average Bonchev–Trinajstić information content (AvgIpc) is 2.92. The van der Waals surface area contributed by atoms with Gasteiger partial charge in [0.25, 0.3) is 5.91 Å². The van der Waals surface area contributed by atoms with E-state index in [2.05, 4.69) is 14.9 Å². The lowest BCUT2D eigenvalue weighted by atomic mass is 10.1. The molecule has 2 aliphatic rings. The molecular weight excluding hydrogens is 304 g/mol. The Morgan fingerprint density at radius 3 is 2.79 bits per heavy atom. The third-order valence-corrected chi connectivity index (χ3v) is 4.70. The van der Waals surface area contributed by atoms with Crippen LogP contribution < -0.4 is 9.80 Å². The van der Waals surface area contributed by atoms with E-state index in [4.69, 9.17) is 0 Å². The molecule has 0 unspecified atom stereocenters. The van der Waals surface area contributed by atoms with E-state index in [1.807, 2.05) is 31.2 Å². The summed E-state index contributed by atoms with van der Waals surface area (Å²) >= 11 is 0. The van der Waals surface area contributed by atoms with Crippen LogP contribution in [0.4, 0.5) is 11.6 Å². The highest BCUT2D eigenvalue weighted by Gasteiger charge is 2.31. The second-order valence-corrected chi connectivity index (χ2v) is 6.48. The largest absolute Gasteiger partial charge is 0.393 e. The average molecular weight is 324 g/mol. The number of amides is 1. The van der Waals surface area contributed by atoms with Gasteiger partial charge in [-0.1, -0.05) is 12.1 Å². The highest BCUT2D eigenvalue weighted by atomic mass is 16.3. The Morgan fingerprint density at radius 1 is 1.25 bits per heavy atom. The number of anilines is 2. The van der Waals surface area contributed by atoms with Crippen molar-refractivity contribution in [1.29, 1.82) is 0 Å². The van der Waals surface area contributed by atoms with Gasteiger partial charge in [-0.05, 0) is 37.5 Å². The van der Waals surface area contributed by atoms with Gasteiger partial charge >= 0.3 is 0 Å². The minimum atomic E-state index is -0.228. The van der Waals surface area contributed by atoms with Gasteiger partial charge in [0.05, 0.1) is 23.9 Å². The molecule has 0 radical (unpaired) electrons. The van der Waals surface area contributed by atoms with Crippen LogP contribution >= 0.6 is 0 Å². The predicted octanol–water partition coefficient (Wildman–Crippen LogP) is 1.91. The summed E-state index contributed by atoms with van der Waals surface area (Å²) in [5, 5.41) is 9.63. The number of fused-ring (bicyclic) bond motifs is 1. The Balaban J connectivity index is 1.59. The molecule has 3 heterocycles. The Labute approximate surface area is 140 Å². The fourth-order valence-corrected chi connectivity index (χ4v) is 3.30. The third-order valence-electron chi connectivity index (χ3n) is 4.70. The smallest absolute Gasteiger partial charge is 0.262 e. The zero-order valence-corrected chi connectivity index (χ0v) is 13.6. The van der Waals surface area contributed by atoms with Gasteiger partial charge in [-0.2, -0.15) is 0 Å². The van der Waals surface area contributed by atoms with Crippen molar-refractivity contribution >= 4 is 17.5 Å². The van der Waals surface area contributed by atoms with Crippen LogP contribution in [0, 0.1) is 6.92 Å². The van der Waals surface area contributed by atoms with E-state index in [9.17, 15) is 9.90 Å². The maximum Gasteiger partial charge on any atom is 0.262 e. The molecule has 0 atom stereocenters. The molecule has 0 spiro atoms. The summed E-state index contributed by atoms with van der Waals surface area (Å²) in [5.74, 6) is 0.607. The van der Waals surface area contributed by atoms with Crippen LogP contribution in [0.3, 0.4) is 0 Å². The molecule has 1 amide bonds. The summed E-state index contributed by atoms with van der Waals surface area (Å²) in [6, 6.07) is 7.91. The SMILES string of the molecule is Cc1cccc(N2Cc3nc(N4CCC(O)CC4)ncc3C2=O)c1. The summed E-state index contributed by atoms with van der Waals surface area (Å²) in [6.07, 6.45) is 2.87. The van der Waals surface area contributed by atoms with E-state index in [0.29, 0.717) is 18.1 Å². The molecular formula is C18H20N4O2. The molecule has 2 aromatic rings. The molecule has 6 heteroatoms. The number of carbonyl (C=O) groups excluding carboxylic acids is 1. The Hall–Kier alpha value is -2.47. The molecule has 1 N–H and O–H groups in total. The van der Waals surface area contributed by atoms with Crippen molar-refractivity contribution in [2.24, 2.45) is 0 Å². The van der Waals surface area contributed by atoms with Gasteiger partial charge < -0.3 is 14.9 Å². The van der Waals surface area contributed by atoms with Crippen molar-refractivity contribution in [3.8, 4) is 0 Å². The minimum Gasteiger partial charge on any atom is -0.393 e. The zero-order valence-electron chi connectivity index (χ0n) is 13.6. The van der Waals surface area contributed by atoms with Crippen LogP contribution in [0.2, 0.25) is 0 Å². The molecule has 124 valence electrons. The first-order valence-corrected chi connectivity index (χ1v) is 8.29. The second-order valence-electron chi connectivity index (χ2n) is 6.48. The first-order valence-electron chi connectivity index (χ1n) is 8.29. The molecule has 1 aromatic heterocycles. The molecule has 4 rings (SSSR count). The van der Waals surface area contributed by atoms with Crippen molar-refractivity contribution in [3.63, 3.8) is 0 Å². The summed E-state index contributed by atoms with van der Waals surface area (Å²) in [6.45, 7) is 3.98. The molecule has 0 aliphatic carbocycles. The number of nitrogens with zero attached hydrogens (tertiary/aromatic N) is 4. The van der Waals surface area contributed by atoms with Crippen LogP contribution in [0.15, 0.2) is 30.5 Å². The van der Waals surface area contributed by atoms with Crippen molar-refractivity contribution in [3.05, 3.63) is 47.3 Å². The minimum absolute atomic E-state index is 0.0452. The van der Waals surface area contributed by atoms with Crippen LogP contribution in [0.5, 0.6) is 0 Å². The Bertz CT molecular complexity index is 784. The molecule has 0 saturated carbocycles. The predicted molar refractivity (Wildman–Crippen MR) is 91.2 cm³/mol. The Kier molecular flexibility index (Phi) is 3.69. The van der Waals surface area contributed by atoms with Crippen LogP contribution in [0.25, 0.3) is 0 Å². The van der Waals surface area contributed by atoms with Crippen LogP contribution in [-0.2, 0) is 6.54 Å². The van der Waals surface area contributed by atoms with E-state index in [1.54, 1.807) is 11.1 Å². The molecule has 0 bridgehead atoms. The lowest BCUT2D eigenvalue weighted by Crippen LogP contribution is -2.37. The van der Waals surface area contributed by atoms with Crippen LogP contribution in [-0.4, -0.2) is 40.2 Å². The normalized spacial score (nSPS) is 18.2. The Morgan fingerprint density at radius 2 is 2.04 bits per heavy atom. The highest BCUT2D eigenvalue weighted by molar-refractivity contribution is 6.09. The van der Waals surface area contributed by atoms with Crippen LogP contribution in [0.1, 0.15) is 34.5 Å². The van der Waals surface area contributed by atoms with Gasteiger partial charge in [0.1, 0.15) is 0 Å².